The molecule has 0 radical (unpaired) electrons. The third kappa shape index (κ3) is 3.44. The Morgan fingerprint density at radius 1 is 1.21 bits per heavy atom. The van der Waals surface area contributed by atoms with Crippen molar-refractivity contribution in [1.29, 1.82) is 0 Å². The van der Waals surface area contributed by atoms with Gasteiger partial charge in [0.2, 0.25) is 0 Å². The van der Waals surface area contributed by atoms with E-state index in [4.69, 9.17) is 0 Å². The van der Waals surface area contributed by atoms with Crippen LogP contribution in [-0.2, 0) is 13.0 Å². The third-order valence-corrected chi connectivity index (χ3v) is 3.45. The predicted octanol–water partition coefficient (Wildman–Crippen LogP) is 3.10. The van der Waals surface area contributed by atoms with E-state index < -0.39 is 0 Å². The first kappa shape index (κ1) is 13.8. The van der Waals surface area contributed by atoms with Crippen LogP contribution in [0.4, 0.5) is 0 Å². The number of hydrogen-bond acceptors (Lipinski definition) is 2. The molecule has 1 aromatic carbocycles. The van der Waals surface area contributed by atoms with Gasteiger partial charge in [-0.3, -0.25) is 4.68 Å². The van der Waals surface area contributed by atoms with Crippen molar-refractivity contribution in [3.05, 3.63) is 53.3 Å². The smallest absolute Gasteiger partial charge is 0.0556 e. The Balaban J connectivity index is 2.15. The number of likely N-dealkylation sites (N-methyl/N-ethyl adjacent to an activating group) is 1. The van der Waals surface area contributed by atoms with Gasteiger partial charge >= 0.3 is 0 Å². The molecule has 0 bridgehead atoms. The van der Waals surface area contributed by atoms with Crippen LogP contribution in [0.5, 0.6) is 0 Å². The Kier molecular flexibility index (Phi) is 4.74. The van der Waals surface area contributed by atoms with E-state index in [1.54, 1.807) is 0 Å². The van der Waals surface area contributed by atoms with Gasteiger partial charge in [0, 0.05) is 12.7 Å². The van der Waals surface area contributed by atoms with Gasteiger partial charge in [0.05, 0.1) is 11.7 Å². The molecule has 1 unspecified atom stereocenters. The standard InChI is InChI=1S/C16H23N3/c1-4-11-19-16(9-10-18-19)15(17-3)12-14-7-5-13(2)6-8-14/h5-10,15,17H,4,11-12H2,1-3H3. The molecule has 1 aromatic heterocycles. The molecule has 0 saturated carbocycles. The minimum absolute atomic E-state index is 0.316. The molecule has 2 aromatic rings. The van der Waals surface area contributed by atoms with Crippen molar-refractivity contribution in [2.45, 2.75) is 39.3 Å². The molecule has 3 nitrogen and oxygen atoms in total. The fourth-order valence-corrected chi connectivity index (χ4v) is 2.35. The van der Waals surface area contributed by atoms with Crippen molar-refractivity contribution < 1.29 is 0 Å². The van der Waals surface area contributed by atoms with Gasteiger partial charge in [-0.05, 0) is 38.4 Å². The van der Waals surface area contributed by atoms with Crippen LogP contribution in [0.15, 0.2) is 36.5 Å². The molecule has 0 aliphatic heterocycles. The Hall–Kier alpha value is -1.61. The van der Waals surface area contributed by atoms with Crippen LogP contribution >= 0.6 is 0 Å². The van der Waals surface area contributed by atoms with E-state index in [-0.39, 0.29) is 0 Å². The molecule has 1 N–H and O–H groups in total. The van der Waals surface area contributed by atoms with Crippen LogP contribution in [0, 0.1) is 6.92 Å². The lowest BCUT2D eigenvalue weighted by molar-refractivity contribution is 0.497. The summed E-state index contributed by atoms with van der Waals surface area (Å²) < 4.78 is 2.11. The topological polar surface area (TPSA) is 29.9 Å². The van der Waals surface area contributed by atoms with Crippen LogP contribution in [0.3, 0.4) is 0 Å². The number of nitrogens with zero attached hydrogens (tertiary/aromatic N) is 2. The largest absolute Gasteiger partial charge is 0.311 e. The maximum absolute atomic E-state index is 4.41. The van der Waals surface area contributed by atoms with Gasteiger partial charge in [-0.1, -0.05) is 36.8 Å². The maximum atomic E-state index is 4.41. The van der Waals surface area contributed by atoms with Gasteiger partial charge in [0.1, 0.15) is 0 Å². The van der Waals surface area contributed by atoms with Crippen molar-refractivity contribution in [2.75, 3.05) is 7.05 Å². The van der Waals surface area contributed by atoms with Crippen LogP contribution in [0.25, 0.3) is 0 Å². The number of aromatic nitrogens is 2. The lowest BCUT2D eigenvalue weighted by atomic mass is 10.0. The number of hydrogen-bond donors (Lipinski definition) is 1. The molecule has 3 heteroatoms. The Labute approximate surface area is 115 Å². The van der Waals surface area contributed by atoms with E-state index >= 15 is 0 Å². The molecule has 1 atom stereocenters. The second-order valence-electron chi connectivity index (χ2n) is 5.01. The highest BCUT2D eigenvalue weighted by Crippen LogP contribution is 2.18. The Morgan fingerprint density at radius 2 is 1.95 bits per heavy atom. The van der Waals surface area contributed by atoms with E-state index in [1.807, 2.05) is 13.2 Å². The zero-order valence-corrected chi connectivity index (χ0v) is 12.1. The average molecular weight is 257 g/mol. The molecule has 1 heterocycles. The minimum atomic E-state index is 0.316. The Morgan fingerprint density at radius 3 is 2.58 bits per heavy atom. The van der Waals surface area contributed by atoms with Gasteiger partial charge in [-0.25, -0.2) is 0 Å². The summed E-state index contributed by atoms with van der Waals surface area (Å²) in [5.41, 5.74) is 3.93. The van der Waals surface area contributed by atoms with E-state index in [0.717, 1.165) is 19.4 Å². The lowest BCUT2D eigenvalue weighted by Gasteiger charge is -2.18. The maximum Gasteiger partial charge on any atom is 0.0556 e. The van der Waals surface area contributed by atoms with Gasteiger partial charge in [-0.15, -0.1) is 0 Å². The summed E-state index contributed by atoms with van der Waals surface area (Å²) in [5, 5.41) is 7.81. The van der Waals surface area contributed by atoms with E-state index in [1.165, 1.54) is 16.8 Å². The molecule has 2 rings (SSSR count). The van der Waals surface area contributed by atoms with E-state index in [9.17, 15) is 0 Å². The van der Waals surface area contributed by atoms with Gasteiger partial charge < -0.3 is 5.32 Å². The molecule has 0 amide bonds. The monoisotopic (exact) mass is 257 g/mol. The molecule has 19 heavy (non-hydrogen) atoms. The minimum Gasteiger partial charge on any atom is -0.311 e. The van der Waals surface area contributed by atoms with E-state index in [0.29, 0.717) is 6.04 Å². The highest BCUT2D eigenvalue weighted by atomic mass is 15.3. The van der Waals surface area contributed by atoms with Crippen LogP contribution in [0.1, 0.15) is 36.2 Å². The lowest BCUT2D eigenvalue weighted by Crippen LogP contribution is -2.22. The normalized spacial score (nSPS) is 12.6. The number of benzene rings is 1. The first-order valence-electron chi connectivity index (χ1n) is 6.99. The molecule has 102 valence electrons. The fourth-order valence-electron chi connectivity index (χ4n) is 2.35. The quantitative estimate of drug-likeness (QED) is 0.861. The number of aryl methyl sites for hydroxylation is 2. The highest BCUT2D eigenvalue weighted by Gasteiger charge is 2.14. The molecule has 0 aliphatic rings. The first-order valence-corrected chi connectivity index (χ1v) is 6.99. The second-order valence-corrected chi connectivity index (χ2v) is 5.01. The molecule has 0 fully saturated rings. The van der Waals surface area contributed by atoms with Gasteiger partial charge in [0.15, 0.2) is 0 Å². The van der Waals surface area contributed by atoms with Crippen molar-refractivity contribution in [3.63, 3.8) is 0 Å². The summed E-state index contributed by atoms with van der Waals surface area (Å²) in [6.45, 7) is 5.28. The van der Waals surface area contributed by atoms with Crippen LogP contribution in [-0.4, -0.2) is 16.8 Å². The van der Waals surface area contributed by atoms with Crippen molar-refractivity contribution in [3.8, 4) is 0 Å². The number of nitrogens with one attached hydrogen (secondary N) is 1. The summed E-state index contributed by atoms with van der Waals surface area (Å²) in [6, 6.07) is 11.2. The SMILES string of the molecule is CCCn1nccc1C(Cc1ccc(C)cc1)NC. The van der Waals surface area contributed by atoms with E-state index in [2.05, 4.69) is 59.3 Å². The first-order chi connectivity index (χ1) is 9.24. The molecule has 0 aliphatic carbocycles. The van der Waals surface area contributed by atoms with Crippen molar-refractivity contribution >= 4 is 0 Å². The Bertz CT molecular complexity index is 499. The highest BCUT2D eigenvalue weighted by molar-refractivity contribution is 5.23. The van der Waals surface area contributed by atoms with Crippen LogP contribution < -0.4 is 5.32 Å². The van der Waals surface area contributed by atoms with Crippen LogP contribution in [0.2, 0.25) is 0 Å². The summed E-state index contributed by atoms with van der Waals surface area (Å²) >= 11 is 0. The summed E-state index contributed by atoms with van der Waals surface area (Å²) in [5.74, 6) is 0. The summed E-state index contributed by atoms with van der Waals surface area (Å²) in [7, 11) is 2.02. The molecular formula is C16H23N3. The second kappa shape index (κ2) is 6.53. The molecular weight excluding hydrogens is 234 g/mol. The zero-order chi connectivity index (χ0) is 13.7. The summed E-state index contributed by atoms with van der Waals surface area (Å²) in [6.07, 6.45) is 3.99. The zero-order valence-electron chi connectivity index (χ0n) is 12.1. The van der Waals surface area contributed by atoms with Gasteiger partial charge in [0.25, 0.3) is 0 Å². The molecule has 0 spiro atoms. The fraction of sp³-hybridized carbons (Fsp3) is 0.438. The van der Waals surface area contributed by atoms with Crippen molar-refractivity contribution in [1.82, 2.24) is 15.1 Å². The van der Waals surface area contributed by atoms with Crippen molar-refractivity contribution in [2.24, 2.45) is 0 Å². The molecule has 0 saturated heterocycles. The average Bonchev–Trinajstić information content (AvgIpc) is 2.87. The number of rotatable bonds is 6. The summed E-state index contributed by atoms with van der Waals surface area (Å²) in [4.78, 5) is 0. The predicted molar refractivity (Wildman–Crippen MR) is 79.2 cm³/mol. The third-order valence-electron chi connectivity index (χ3n) is 3.45. The van der Waals surface area contributed by atoms with Gasteiger partial charge in [-0.2, -0.15) is 5.10 Å².